The Labute approximate surface area is 88.1 Å². The Kier molecular flexibility index (Phi) is 3.56. The van der Waals surface area contributed by atoms with Crippen molar-refractivity contribution in [2.45, 2.75) is 31.3 Å². The van der Waals surface area contributed by atoms with Crippen molar-refractivity contribution in [2.75, 3.05) is 0 Å². The van der Waals surface area contributed by atoms with Crippen LogP contribution in [0.5, 0.6) is 0 Å². The summed E-state index contributed by atoms with van der Waals surface area (Å²) in [6.45, 7) is 6.51. The van der Waals surface area contributed by atoms with Gasteiger partial charge in [-0.3, -0.25) is 0 Å². The zero-order chi connectivity index (χ0) is 9.90. The van der Waals surface area contributed by atoms with Gasteiger partial charge in [-0.1, -0.05) is 32.4 Å². The van der Waals surface area contributed by atoms with E-state index in [0.29, 0.717) is 5.15 Å². The lowest BCUT2D eigenvalue weighted by atomic mass is 10.3. The monoisotopic (exact) mass is 216 g/mol. The molecule has 0 aliphatic heterocycles. The first-order chi connectivity index (χ1) is 5.97. The normalized spacial score (nSPS) is 11.7. The van der Waals surface area contributed by atoms with E-state index in [9.17, 15) is 0 Å². The van der Waals surface area contributed by atoms with Crippen LogP contribution in [0.3, 0.4) is 0 Å². The summed E-state index contributed by atoms with van der Waals surface area (Å²) >= 11 is 7.55. The van der Waals surface area contributed by atoms with Crippen LogP contribution in [0.2, 0.25) is 5.15 Å². The molecular weight excluding hydrogens is 204 g/mol. The zero-order valence-electron chi connectivity index (χ0n) is 8.04. The highest BCUT2D eigenvalue weighted by Crippen LogP contribution is 2.25. The molecule has 0 saturated carbocycles. The van der Waals surface area contributed by atoms with Crippen molar-refractivity contribution < 1.29 is 0 Å². The summed E-state index contributed by atoms with van der Waals surface area (Å²) in [6, 6.07) is 1.69. The number of hydrogen-bond donors (Lipinski definition) is 0. The molecule has 2 nitrogen and oxygen atoms in total. The van der Waals surface area contributed by atoms with Gasteiger partial charge in [0.05, 0.1) is 5.75 Å². The SMILES string of the molecule is CC(C)(C)SCc1nccc(Cl)n1. The second-order valence-corrected chi connectivity index (χ2v) is 5.89. The molecule has 0 N–H and O–H groups in total. The smallest absolute Gasteiger partial charge is 0.139 e. The van der Waals surface area contributed by atoms with E-state index >= 15 is 0 Å². The lowest BCUT2D eigenvalue weighted by Crippen LogP contribution is -2.08. The van der Waals surface area contributed by atoms with Crippen molar-refractivity contribution in [3.05, 3.63) is 23.2 Å². The molecule has 0 unspecified atom stereocenters. The molecule has 0 aliphatic rings. The number of thioether (sulfide) groups is 1. The summed E-state index contributed by atoms with van der Waals surface area (Å²) in [6.07, 6.45) is 1.69. The van der Waals surface area contributed by atoms with Gasteiger partial charge in [-0.25, -0.2) is 9.97 Å². The number of halogens is 1. The first-order valence-corrected chi connectivity index (χ1v) is 5.45. The standard InChI is InChI=1S/C9H13ClN2S/c1-9(2,3)13-6-8-11-5-4-7(10)12-8/h4-5H,6H2,1-3H3. The van der Waals surface area contributed by atoms with E-state index in [4.69, 9.17) is 11.6 Å². The summed E-state index contributed by atoms with van der Waals surface area (Å²) in [5.41, 5.74) is 0. The Morgan fingerprint density at radius 1 is 1.46 bits per heavy atom. The van der Waals surface area contributed by atoms with E-state index in [1.807, 2.05) is 11.8 Å². The molecule has 0 atom stereocenters. The maximum Gasteiger partial charge on any atom is 0.139 e. The van der Waals surface area contributed by atoms with Gasteiger partial charge in [-0.2, -0.15) is 0 Å². The molecule has 13 heavy (non-hydrogen) atoms. The molecule has 0 fully saturated rings. The highest BCUT2D eigenvalue weighted by molar-refractivity contribution is 7.99. The molecule has 0 bridgehead atoms. The highest BCUT2D eigenvalue weighted by Gasteiger charge is 2.11. The largest absolute Gasteiger partial charge is 0.240 e. The first-order valence-electron chi connectivity index (χ1n) is 4.09. The van der Waals surface area contributed by atoms with Crippen LogP contribution in [0.15, 0.2) is 12.3 Å². The van der Waals surface area contributed by atoms with E-state index in [1.165, 1.54) is 0 Å². The molecule has 0 spiro atoms. The van der Waals surface area contributed by atoms with Gasteiger partial charge in [0.15, 0.2) is 0 Å². The summed E-state index contributed by atoms with van der Waals surface area (Å²) < 4.78 is 0.242. The third-order valence-electron chi connectivity index (χ3n) is 1.31. The fraction of sp³-hybridized carbons (Fsp3) is 0.556. The topological polar surface area (TPSA) is 25.8 Å². The molecule has 72 valence electrons. The molecule has 0 aromatic carbocycles. The lowest BCUT2D eigenvalue weighted by molar-refractivity contribution is 0.800. The van der Waals surface area contributed by atoms with E-state index in [-0.39, 0.29) is 4.75 Å². The Bertz CT molecular complexity index is 283. The molecule has 0 aliphatic carbocycles. The van der Waals surface area contributed by atoms with Crippen molar-refractivity contribution in [2.24, 2.45) is 0 Å². The Morgan fingerprint density at radius 2 is 2.15 bits per heavy atom. The van der Waals surface area contributed by atoms with E-state index in [2.05, 4.69) is 30.7 Å². The Hall–Kier alpha value is -0.280. The van der Waals surface area contributed by atoms with Crippen molar-refractivity contribution in [1.82, 2.24) is 9.97 Å². The van der Waals surface area contributed by atoms with Gasteiger partial charge in [0.1, 0.15) is 11.0 Å². The van der Waals surface area contributed by atoms with Gasteiger partial charge in [-0.05, 0) is 6.07 Å². The van der Waals surface area contributed by atoms with Crippen molar-refractivity contribution in [1.29, 1.82) is 0 Å². The van der Waals surface area contributed by atoms with E-state index < -0.39 is 0 Å². The maximum atomic E-state index is 5.73. The number of rotatable bonds is 2. The molecule has 0 saturated heterocycles. The quantitative estimate of drug-likeness (QED) is 0.711. The average molecular weight is 217 g/mol. The molecule has 1 aromatic rings. The van der Waals surface area contributed by atoms with Crippen LogP contribution in [0.25, 0.3) is 0 Å². The molecule has 0 radical (unpaired) electrons. The summed E-state index contributed by atoms with van der Waals surface area (Å²) in [5, 5.41) is 0.513. The van der Waals surface area contributed by atoms with Crippen LogP contribution in [0.4, 0.5) is 0 Å². The van der Waals surface area contributed by atoms with E-state index in [1.54, 1.807) is 12.3 Å². The number of hydrogen-bond acceptors (Lipinski definition) is 3. The van der Waals surface area contributed by atoms with Crippen LogP contribution >= 0.6 is 23.4 Å². The molecule has 4 heteroatoms. The van der Waals surface area contributed by atoms with Crippen molar-refractivity contribution in [3.8, 4) is 0 Å². The molecule has 1 heterocycles. The van der Waals surface area contributed by atoms with Crippen LogP contribution in [-0.2, 0) is 5.75 Å². The van der Waals surface area contributed by atoms with Gasteiger partial charge >= 0.3 is 0 Å². The predicted molar refractivity (Wildman–Crippen MR) is 58.1 cm³/mol. The minimum absolute atomic E-state index is 0.242. The zero-order valence-corrected chi connectivity index (χ0v) is 9.61. The van der Waals surface area contributed by atoms with Gasteiger partial charge < -0.3 is 0 Å². The Balaban J connectivity index is 2.55. The molecule has 1 rings (SSSR count). The second kappa shape index (κ2) is 4.29. The fourth-order valence-electron chi connectivity index (χ4n) is 0.725. The Morgan fingerprint density at radius 3 is 2.69 bits per heavy atom. The van der Waals surface area contributed by atoms with Crippen LogP contribution in [-0.4, -0.2) is 14.7 Å². The summed E-state index contributed by atoms with van der Waals surface area (Å²) in [5.74, 6) is 1.61. The van der Waals surface area contributed by atoms with E-state index in [0.717, 1.165) is 11.6 Å². The highest BCUT2D eigenvalue weighted by atomic mass is 35.5. The molecular formula is C9H13ClN2S. The minimum atomic E-state index is 0.242. The van der Waals surface area contributed by atoms with Crippen LogP contribution in [0.1, 0.15) is 26.6 Å². The predicted octanol–water partition coefficient (Wildman–Crippen LogP) is 3.16. The molecule has 1 aromatic heterocycles. The lowest BCUT2D eigenvalue weighted by Gasteiger charge is -2.16. The van der Waals surface area contributed by atoms with Gasteiger partial charge in [0, 0.05) is 10.9 Å². The van der Waals surface area contributed by atoms with Crippen molar-refractivity contribution >= 4 is 23.4 Å². The van der Waals surface area contributed by atoms with Gasteiger partial charge in [0.25, 0.3) is 0 Å². The molecule has 0 amide bonds. The van der Waals surface area contributed by atoms with Crippen molar-refractivity contribution in [3.63, 3.8) is 0 Å². The maximum absolute atomic E-state index is 5.73. The summed E-state index contributed by atoms with van der Waals surface area (Å²) in [7, 11) is 0. The summed E-state index contributed by atoms with van der Waals surface area (Å²) in [4.78, 5) is 8.24. The third kappa shape index (κ3) is 4.48. The minimum Gasteiger partial charge on any atom is -0.240 e. The fourth-order valence-corrected chi connectivity index (χ4v) is 1.58. The average Bonchev–Trinajstić information content (AvgIpc) is 2.00. The second-order valence-electron chi connectivity index (χ2n) is 3.70. The van der Waals surface area contributed by atoms with Crippen LogP contribution in [0, 0.1) is 0 Å². The van der Waals surface area contributed by atoms with Gasteiger partial charge in [0.2, 0.25) is 0 Å². The third-order valence-corrected chi connectivity index (χ3v) is 2.78. The number of aromatic nitrogens is 2. The first kappa shape index (κ1) is 10.8. The van der Waals surface area contributed by atoms with Crippen LogP contribution < -0.4 is 0 Å². The number of nitrogens with zero attached hydrogens (tertiary/aromatic N) is 2. The van der Waals surface area contributed by atoms with Gasteiger partial charge in [-0.15, -0.1) is 11.8 Å².